The van der Waals surface area contributed by atoms with Crippen molar-refractivity contribution in [2.45, 2.75) is 12.5 Å². The third kappa shape index (κ3) is 2.79. The van der Waals surface area contributed by atoms with Crippen molar-refractivity contribution in [1.82, 2.24) is 0 Å². The van der Waals surface area contributed by atoms with Crippen LogP contribution >= 0.6 is 39.3 Å². The summed E-state index contributed by atoms with van der Waals surface area (Å²) in [4.78, 5) is 0. The number of halogens is 2. The molecule has 1 heterocycles. The fraction of sp³-hybridized carbons (Fsp3) is 0.455. The first kappa shape index (κ1) is 12.4. The Morgan fingerprint density at radius 2 is 2.38 bits per heavy atom. The molecule has 0 aliphatic carbocycles. The zero-order valence-electron chi connectivity index (χ0n) is 8.93. The molecule has 0 bridgehead atoms. The highest BCUT2D eigenvalue weighted by Crippen LogP contribution is 2.37. The van der Waals surface area contributed by atoms with Crippen LogP contribution in [0.2, 0.25) is 5.02 Å². The topological polar surface area (TPSA) is 21.3 Å². The number of nitrogens with one attached hydrogen (secondary N) is 1. The van der Waals surface area contributed by atoms with E-state index in [2.05, 4.69) is 21.2 Å². The molecule has 1 aromatic carbocycles. The van der Waals surface area contributed by atoms with Gasteiger partial charge in [-0.25, -0.2) is 0 Å². The number of methoxy groups -OCH3 is 1. The van der Waals surface area contributed by atoms with E-state index in [1.54, 1.807) is 7.11 Å². The zero-order valence-corrected chi connectivity index (χ0v) is 12.1. The molecule has 1 fully saturated rings. The van der Waals surface area contributed by atoms with Crippen molar-refractivity contribution in [3.05, 3.63) is 21.6 Å². The molecule has 0 saturated carbocycles. The van der Waals surface area contributed by atoms with Crippen LogP contribution in [0.1, 0.15) is 6.42 Å². The van der Waals surface area contributed by atoms with E-state index in [-0.39, 0.29) is 0 Å². The summed E-state index contributed by atoms with van der Waals surface area (Å²) in [5.74, 6) is 3.19. The van der Waals surface area contributed by atoms with E-state index < -0.39 is 0 Å². The first-order valence-corrected chi connectivity index (χ1v) is 7.40. The molecule has 5 heteroatoms. The molecule has 2 rings (SSSR count). The van der Waals surface area contributed by atoms with Gasteiger partial charge < -0.3 is 10.1 Å². The molecule has 1 aliphatic rings. The van der Waals surface area contributed by atoms with E-state index in [1.807, 2.05) is 23.9 Å². The smallest absolute Gasteiger partial charge is 0.156 e. The van der Waals surface area contributed by atoms with E-state index in [1.165, 1.54) is 12.2 Å². The van der Waals surface area contributed by atoms with Gasteiger partial charge in [-0.05, 0) is 40.2 Å². The molecular weight excluding hydrogens is 310 g/mol. The summed E-state index contributed by atoms with van der Waals surface area (Å²) < 4.78 is 6.25. The molecule has 0 amide bonds. The minimum Gasteiger partial charge on any atom is -0.493 e. The quantitative estimate of drug-likeness (QED) is 0.908. The molecule has 0 aromatic heterocycles. The molecule has 16 heavy (non-hydrogen) atoms. The number of thioether (sulfide) groups is 1. The number of ether oxygens (including phenoxy) is 1. The van der Waals surface area contributed by atoms with Crippen molar-refractivity contribution in [3.8, 4) is 5.75 Å². The van der Waals surface area contributed by atoms with Gasteiger partial charge in [0.2, 0.25) is 0 Å². The van der Waals surface area contributed by atoms with Crippen LogP contribution in [0, 0.1) is 0 Å². The van der Waals surface area contributed by atoms with Crippen LogP contribution < -0.4 is 10.1 Å². The van der Waals surface area contributed by atoms with Gasteiger partial charge in [-0.2, -0.15) is 11.8 Å². The Hall–Kier alpha value is -0.0600. The first-order chi connectivity index (χ1) is 7.70. The summed E-state index contributed by atoms with van der Waals surface area (Å²) in [5.41, 5.74) is 0.967. The number of hydrogen-bond donors (Lipinski definition) is 1. The van der Waals surface area contributed by atoms with Crippen molar-refractivity contribution < 1.29 is 4.74 Å². The second-order valence-corrected chi connectivity index (χ2v) is 6.11. The summed E-state index contributed by atoms with van der Waals surface area (Å²) >= 11 is 11.5. The number of anilines is 1. The Balaban J connectivity index is 2.23. The van der Waals surface area contributed by atoms with Gasteiger partial charge in [-0.1, -0.05) is 11.6 Å². The minimum absolute atomic E-state index is 0.518. The standard InChI is InChI=1S/C11H13BrClNOS/c1-15-11-9(12)4-7(13)5-10(11)14-8-2-3-16-6-8/h4-5,8,14H,2-3,6H2,1H3. The first-order valence-electron chi connectivity index (χ1n) is 5.08. The van der Waals surface area contributed by atoms with Crippen molar-refractivity contribution in [2.24, 2.45) is 0 Å². The Kier molecular flexibility index (Phi) is 4.27. The lowest BCUT2D eigenvalue weighted by molar-refractivity contribution is 0.413. The van der Waals surface area contributed by atoms with Gasteiger partial charge >= 0.3 is 0 Å². The highest BCUT2D eigenvalue weighted by atomic mass is 79.9. The molecular formula is C11H13BrClNOS. The molecule has 1 aromatic rings. The lowest BCUT2D eigenvalue weighted by Gasteiger charge is -2.17. The fourth-order valence-corrected chi connectivity index (χ4v) is 3.87. The summed E-state index contributed by atoms with van der Waals surface area (Å²) in [7, 11) is 1.67. The average Bonchev–Trinajstić information content (AvgIpc) is 2.70. The molecule has 1 saturated heterocycles. The predicted octanol–water partition coefficient (Wildman–Crippen LogP) is 4.03. The SMILES string of the molecule is COc1c(Br)cc(Cl)cc1NC1CCSC1. The van der Waals surface area contributed by atoms with E-state index in [9.17, 15) is 0 Å². The van der Waals surface area contributed by atoms with Crippen molar-refractivity contribution in [1.29, 1.82) is 0 Å². The second-order valence-electron chi connectivity index (χ2n) is 3.67. The van der Waals surface area contributed by atoms with Gasteiger partial charge in [0.05, 0.1) is 17.3 Å². The lowest BCUT2D eigenvalue weighted by Crippen LogP contribution is -2.18. The van der Waals surface area contributed by atoms with Crippen LogP contribution in [0.3, 0.4) is 0 Å². The largest absolute Gasteiger partial charge is 0.493 e. The van der Waals surface area contributed by atoms with Crippen LogP contribution in [-0.4, -0.2) is 24.7 Å². The summed E-state index contributed by atoms with van der Waals surface area (Å²) in [6.45, 7) is 0. The molecule has 1 atom stereocenters. The zero-order chi connectivity index (χ0) is 11.5. The summed E-state index contributed by atoms with van der Waals surface area (Å²) in [5, 5.41) is 4.19. The maximum atomic E-state index is 6.03. The third-order valence-corrected chi connectivity index (χ3v) is 4.47. The third-order valence-electron chi connectivity index (χ3n) is 2.50. The Morgan fingerprint density at radius 1 is 1.56 bits per heavy atom. The minimum atomic E-state index is 0.518. The van der Waals surface area contributed by atoms with Crippen LogP contribution in [0.15, 0.2) is 16.6 Å². The number of hydrogen-bond acceptors (Lipinski definition) is 3. The van der Waals surface area contributed by atoms with Gasteiger partial charge in [0.1, 0.15) is 0 Å². The molecule has 1 aliphatic heterocycles. The maximum absolute atomic E-state index is 6.03. The van der Waals surface area contributed by atoms with E-state index in [4.69, 9.17) is 16.3 Å². The van der Waals surface area contributed by atoms with Gasteiger partial charge in [0, 0.05) is 16.8 Å². The van der Waals surface area contributed by atoms with Crippen LogP contribution in [-0.2, 0) is 0 Å². The predicted molar refractivity (Wildman–Crippen MR) is 75.1 cm³/mol. The highest BCUT2D eigenvalue weighted by Gasteiger charge is 2.18. The number of rotatable bonds is 3. The van der Waals surface area contributed by atoms with Crippen molar-refractivity contribution >= 4 is 45.0 Å². The van der Waals surface area contributed by atoms with Gasteiger partial charge in [0.25, 0.3) is 0 Å². The van der Waals surface area contributed by atoms with Gasteiger partial charge in [-0.15, -0.1) is 0 Å². The fourth-order valence-electron chi connectivity index (χ4n) is 1.74. The molecule has 1 N–H and O–H groups in total. The maximum Gasteiger partial charge on any atom is 0.156 e. The normalized spacial score (nSPS) is 19.8. The van der Waals surface area contributed by atoms with E-state index >= 15 is 0 Å². The molecule has 2 nitrogen and oxygen atoms in total. The monoisotopic (exact) mass is 321 g/mol. The van der Waals surface area contributed by atoms with Crippen molar-refractivity contribution in [3.63, 3.8) is 0 Å². The van der Waals surface area contributed by atoms with Crippen LogP contribution in [0.25, 0.3) is 0 Å². The summed E-state index contributed by atoms with van der Waals surface area (Å²) in [6.07, 6.45) is 1.19. The van der Waals surface area contributed by atoms with Gasteiger partial charge in [0.15, 0.2) is 5.75 Å². The van der Waals surface area contributed by atoms with Gasteiger partial charge in [-0.3, -0.25) is 0 Å². The summed E-state index contributed by atoms with van der Waals surface area (Å²) in [6, 6.07) is 4.27. The second kappa shape index (κ2) is 5.52. The Morgan fingerprint density at radius 3 is 3.00 bits per heavy atom. The van der Waals surface area contributed by atoms with Crippen LogP contribution in [0.4, 0.5) is 5.69 Å². The van der Waals surface area contributed by atoms with E-state index in [0.29, 0.717) is 11.1 Å². The molecule has 1 unspecified atom stereocenters. The van der Waals surface area contributed by atoms with E-state index in [0.717, 1.165) is 21.7 Å². The average molecular weight is 323 g/mol. The lowest BCUT2D eigenvalue weighted by atomic mass is 10.2. The molecule has 88 valence electrons. The van der Waals surface area contributed by atoms with Crippen molar-refractivity contribution in [2.75, 3.05) is 23.9 Å². The molecule has 0 radical (unpaired) electrons. The number of benzene rings is 1. The highest BCUT2D eigenvalue weighted by molar-refractivity contribution is 9.10. The van der Waals surface area contributed by atoms with Crippen LogP contribution in [0.5, 0.6) is 5.75 Å². The Labute approximate surface area is 113 Å². The molecule has 0 spiro atoms. The Bertz CT molecular complexity index is 382.